The van der Waals surface area contributed by atoms with Crippen molar-refractivity contribution in [3.8, 4) is 0 Å². The predicted molar refractivity (Wildman–Crippen MR) is 60.8 cm³/mol. The molecule has 0 bridgehead atoms. The predicted octanol–water partition coefficient (Wildman–Crippen LogP) is 1.51. The fourth-order valence-corrected chi connectivity index (χ4v) is 1.96. The molecule has 0 unspecified atom stereocenters. The fourth-order valence-electron chi connectivity index (χ4n) is 1.34. The van der Waals surface area contributed by atoms with Crippen LogP contribution in [0.3, 0.4) is 0 Å². The van der Waals surface area contributed by atoms with Gasteiger partial charge in [-0.05, 0) is 6.92 Å². The van der Waals surface area contributed by atoms with E-state index in [1.54, 1.807) is 17.7 Å². The highest BCUT2D eigenvalue weighted by Crippen LogP contribution is 2.04. The standard InChI is InChI=1S/C10H14N4S/c1-8-9(14-7-13-8)6-11-3-2-10-12-4-5-15-10/h4-5,7,11H,2-3,6H2,1H3,(H,13,14). The largest absolute Gasteiger partial charge is 0.348 e. The number of nitrogens with one attached hydrogen (secondary N) is 2. The second-order valence-corrected chi connectivity index (χ2v) is 4.31. The third-order valence-electron chi connectivity index (χ3n) is 2.23. The molecular formula is C10H14N4S. The normalized spacial score (nSPS) is 10.7. The summed E-state index contributed by atoms with van der Waals surface area (Å²) in [5.41, 5.74) is 2.23. The number of aromatic nitrogens is 3. The van der Waals surface area contributed by atoms with Crippen molar-refractivity contribution in [1.29, 1.82) is 0 Å². The highest BCUT2D eigenvalue weighted by atomic mass is 32.1. The van der Waals surface area contributed by atoms with Crippen molar-refractivity contribution in [2.75, 3.05) is 6.54 Å². The SMILES string of the molecule is Cc1[nH]cnc1CNCCc1nccs1. The van der Waals surface area contributed by atoms with E-state index in [2.05, 4.69) is 20.3 Å². The summed E-state index contributed by atoms with van der Waals surface area (Å²) in [6.07, 6.45) is 4.56. The van der Waals surface area contributed by atoms with Crippen molar-refractivity contribution in [3.63, 3.8) is 0 Å². The minimum atomic E-state index is 0.820. The molecule has 2 N–H and O–H groups in total. The Bertz CT molecular complexity index is 393. The molecular weight excluding hydrogens is 208 g/mol. The van der Waals surface area contributed by atoms with Gasteiger partial charge in [0.2, 0.25) is 0 Å². The average molecular weight is 222 g/mol. The minimum Gasteiger partial charge on any atom is -0.348 e. The summed E-state index contributed by atoms with van der Waals surface area (Å²) in [6.45, 7) is 3.80. The van der Waals surface area contributed by atoms with Crippen LogP contribution in [-0.2, 0) is 13.0 Å². The third kappa shape index (κ3) is 2.87. The van der Waals surface area contributed by atoms with Crippen LogP contribution in [0.4, 0.5) is 0 Å². The first-order valence-electron chi connectivity index (χ1n) is 4.94. The van der Waals surface area contributed by atoms with Gasteiger partial charge in [-0.25, -0.2) is 9.97 Å². The van der Waals surface area contributed by atoms with Crippen LogP contribution in [-0.4, -0.2) is 21.5 Å². The molecule has 2 heterocycles. The lowest BCUT2D eigenvalue weighted by Gasteiger charge is -2.01. The van der Waals surface area contributed by atoms with Gasteiger partial charge in [0.15, 0.2) is 0 Å². The van der Waals surface area contributed by atoms with E-state index in [-0.39, 0.29) is 0 Å². The van der Waals surface area contributed by atoms with E-state index in [0.29, 0.717) is 0 Å². The second kappa shape index (κ2) is 5.04. The summed E-state index contributed by atoms with van der Waals surface area (Å²) in [5, 5.41) is 6.54. The Balaban J connectivity index is 1.70. The average Bonchev–Trinajstić information content (AvgIpc) is 2.85. The number of rotatable bonds is 5. The second-order valence-electron chi connectivity index (χ2n) is 3.33. The van der Waals surface area contributed by atoms with Gasteiger partial charge in [-0.1, -0.05) is 0 Å². The van der Waals surface area contributed by atoms with E-state index in [9.17, 15) is 0 Å². The lowest BCUT2D eigenvalue weighted by atomic mass is 10.3. The van der Waals surface area contributed by atoms with Gasteiger partial charge >= 0.3 is 0 Å². The Kier molecular flexibility index (Phi) is 3.47. The topological polar surface area (TPSA) is 53.6 Å². The molecule has 0 aliphatic carbocycles. The highest BCUT2D eigenvalue weighted by molar-refractivity contribution is 7.09. The Morgan fingerprint density at radius 2 is 2.40 bits per heavy atom. The summed E-state index contributed by atoms with van der Waals surface area (Å²) >= 11 is 1.70. The highest BCUT2D eigenvalue weighted by Gasteiger charge is 2.00. The molecule has 0 spiro atoms. The third-order valence-corrected chi connectivity index (χ3v) is 3.07. The van der Waals surface area contributed by atoms with E-state index in [1.165, 1.54) is 5.01 Å². The van der Waals surface area contributed by atoms with Crippen LogP contribution >= 0.6 is 11.3 Å². The lowest BCUT2D eigenvalue weighted by Crippen LogP contribution is -2.17. The number of aryl methyl sites for hydroxylation is 1. The molecule has 80 valence electrons. The van der Waals surface area contributed by atoms with Crippen molar-refractivity contribution in [2.24, 2.45) is 0 Å². The van der Waals surface area contributed by atoms with Crippen molar-refractivity contribution in [1.82, 2.24) is 20.3 Å². The molecule has 2 rings (SSSR count). The van der Waals surface area contributed by atoms with Gasteiger partial charge in [-0.2, -0.15) is 0 Å². The lowest BCUT2D eigenvalue weighted by molar-refractivity contribution is 0.673. The molecule has 0 aromatic carbocycles. The molecule has 0 fully saturated rings. The molecule has 5 heteroatoms. The van der Waals surface area contributed by atoms with E-state index in [0.717, 1.165) is 30.9 Å². The molecule has 0 amide bonds. The molecule has 2 aromatic heterocycles. The maximum absolute atomic E-state index is 4.23. The number of nitrogens with zero attached hydrogens (tertiary/aromatic N) is 2. The van der Waals surface area contributed by atoms with E-state index in [1.807, 2.05) is 18.5 Å². The van der Waals surface area contributed by atoms with Gasteiger partial charge in [0.05, 0.1) is 17.0 Å². The number of imidazole rings is 1. The first-order chi connectivity index (χ1) is 7.36. The zero-order valence-electron chi connectivity index (χ0n) is 8.66. The van der Waals surface area contributed by atoms with Gasteiger partial charge in [-0.3, -0.25) is 0 Å². The molecule has 0 saturated heterocycles. The van der Waals surface area contributed by atoms with Crippen LogP contribution in [0.25, 0.3) is 0 Å². The number of aromatic amines is 1. The quantitative estimate of drug-likeness (QED) is 0.754. The summed E-state index contributed by atoms with van der Waals surface area (Å²) in [5.74, 6) is 0. The van der Waals surface area contributed by atoms with Crippen molar-refractivity contribution in [2.45, 2.75) is 19.9 Å². The molecule has 15 heavy (non-hydrogen) atoms. The Morgan fingerprint density at radius 3 is 3.07 bits per heavy atom. The van der Waals surface area contributed by atoms with Crippen LogP contribution in [0.1, 0.15) is 16.4 Å². The fraction of sp³-hybridized carbons (Fsp3) is 0.400. The number of hydrogen-bond donors (Lipinski definition) is 2. The first-order valence-corrected chi connectivity index (χ1v) is 5.82. The Labute approximate surface area is 92.8 Å². The van der Waals surface area contributed by atoms with E-state index < -0.39 is 0 Å². The maximum atomic E-state index is 4.23. The number of hydrogen-bond acceptors (Lipinski definition) is 4. The van der Waals surface area contributed by atoms with Gasteiger partial charge in [-0.15, -0.1) is 11.3 Å². The summed E-state index contributed by atoms with van der Waals surface area (Å²) in [4.78, 5) is 11.5. The summed E-state index contributed by atoms with van der Waals surface area (Å²) in [6, 6.07) is 0. The smallest absolute Gasteiger partial charge is 0.0937 e. The monoisotopic (exact) mass is 222 g/mol. The maximum Gasteiger partial charge on any atom is 0.0937 e. The minimum absolute atomic E-state index is 0.820. The summed E-state index contributed by atoms with van der Waals surface area (Å²) in [7, 11) is 0. The zero-order valence-corrected chi connectivity index (χ0v) is 9.47. The van der Waals surface area contributed by atoms with E-state index >= 15 is 0 Å². The van der Waals surface area contributed by atoms with Crippen molar-refractivity contribution < 1.29 is 0 Å². The van der Waals surface area contributed by atoms with Gasteiger partial charge in [0.1, 0.15) is 0 Å². The molecule has 0 atom stereocenters. The first kappa shape index (κ1) is 10.3. The van der Waals surface area contributed by atoms with Gasteiger partial charge in [0.25, 0.3) is 0 Å². The van der Waals surface area contributed by atoms with Crippen molar-refractivity contribution >= 4 is 11.3 Å². The van der Waals surface area contributed by atoms with Crippen LogP contribution in [0, 0.1) is 6.92 Å². The Hall–Kier alpha value is -1.20. The van der Waals surface area contributed by atoms with E-state index in [4.69, 9.17) is 0 Å². The van der Waals surface area contributed by atoms with Gasteiger partial charge in [0, 0.05) is 36.8 Å². The van der Waals surface area contributed by atoms with Crippen LogP contribution in [0.5, 0.6) is 0 Å². The molecule has 0 saturated carbocycles. The van der Waals surface area contributed by atoms with Crippen LogP contribution < -0.4 is 5.32 Å². The molecule has 0 aliphatic rings. The van der Waals surface area contributed by atoms with Crippen LogP contribution in [0.15, 0.2) is 17.9 Å². The number of H-pyrrole nitrogens is 1. The Morgan fingerprint density at radius 1 is 1.47 bits per heavy atom. The molecule has 4 nitrogen and oxygen atoms in total. The summed E-state index contributed by atoms with van der Waals surface area (Å²) < 4.78 is 0. The molecule has 0 aliphatic heterocycles. The number of thiazole rings is 1. The molecule has 2 aromatic rings. The van der Waals surface area contributed by atoms with Crippen LogP contribution in [0.2, 0.25) is 0 Å². The van der Waals surface area contributed by atoms with Gasteiger partial charge < -0.3 is 10.3 Å². The van der Waals surface area contributed by atoms with Crippen molar-refractivity contribution in [3.05, 3.63) is 34.3 Å². The molecule has 0 radical (unpaired) electrons. The zero-order chi connectivity index (χ0) is 10.5.